The number of aliphatic hydroxyl groups excluding tert-OH is 1. The second-order valence-corrected chi connectivity index (χ2v) is 5.65. The van der Waals surface area contributed by atoms with Crippen LogP contribution in [-0.4, -0.2) is 32.6 Å². The van der Waals surface area contributed by atoms with Gasteiger partial charge >= 0.3 is 0 Å². The molecular weight excluding hydrogens is 235 g/mol. The van der Waals surface area contributed by atoms with Crippen molar-refractivity contribution in [1.82, 2.24) is 0 Å². The van der Waals surface area contributed by atoms with E-state index >= 15 is 0 Å². The minimum Gasteiger partial charge on any atom is -0.496 e. The zero-order valence-corrected chi connectivity index (χ0v) is 9.79. The fraction of sp³-hybridized carbons (Fsp3) is 0.400. The van der Waals surface area contributed by atoms with Gasteiger partial charge in [0.1, 0.15) is 21.4 Å². The molecule has 0 aliphatic carbocycles. The highest BCUT2D eigenvalue weighted by Gasteiger charge is 2.21. The van der Waals surface area contributed by atoms with Gasteiger partial charge in [-0.15, -0.1) is 0 Å². The molecule has 16 heavy (non-hydrogen) atoms. The number of halogens is 1. The Labute approximate surface area is 93.6 Å². The average molecular weight is 248 g/mol. The molecule has 0 radical (unpaired) electrons. The monoisotopic (exact) mass is 248 g/mol. The molecule has 1 aromatic rings. The van der Waals surface area contributed by atoms with E-state index in [9.17, 15) is 17.9 Å². The van der Waals surface area contributed by atoms with Crippen LogP contribution in [0.15, 0.2) is 18.2 Å². The van der Waals surface area contributed by atoms with Crippen molar-refractivity contribution in [3.05, 3.63) is 29.6 Å². The first-order valence-corrected chi connectivity index (χ1v) is 6.59. The summed E-state index contributed by atoms with van der Waals surface area (Å²) in [5.74, 6) is -1.09. The molecule has 0 aliphatic heterocycles. The van der Waals surface area contributed by atoms with Crippen molar-refractivity contribution in [2.24, 2.45) is 0 Å². The van der Waals surface area contributed by atoms with Crippen molar-refractivity contribution in [3.63, 3.8) is 0 Å². The van der Waals surface area contributed by atoms with Gasteiger partial charge in [0.2, 0.25) is 0 Å². The fourth-order valence-electron chi connectivity index (χ4n) is 1.39. The Hall–Kier alpha value is -1.14. The number of hydrogen-bond acceptors (Lipinski definition) is 4. The molecule has 0 aliphatic rings. The minimum atomic E-state index is -3.39. The van der Waals surface area contributed by atoms with Gasteiger partial charge in [-0.3, -0.25) is 0 Å². The van der Waals surface area contributed by atoms with Gasteiger partial charge in [0, 0.05) is 6.26 Å². The topological polar surface area (TPSA) is 63.6 Å². The highest BCUT2D eigenvalue weighted by atomic mass is 32.2. The molecule has 0 spiro atoms. The summed E-state index contributed by atoms with van der Waals surface area (Å²) >= 11 is 0. The number of sulfone groups is 1. The minimum absolute atomic E-state index is 0.129. The summed E-state index contributed by atoms with van der Waals surface area (Å²) in [7, 11) is -2.06. The van der Waals surface area contributed by atoms with Crippen LogP contribution in [0.3, 0.4) is 0 Å². The Balaban J connectivity index is 3.12. The number of ether oxygens (including phenoxy) is 1. The summed E-state index contributed by atoms with van der Waals surface area (Å²) in [6.45, 7) is 0. The normalized spacial score (nSPS) is 13.5. The molecule has 0 heterocycles. The van der Waals surface area contributed by atoms with E-state index in [1.54, 1.807) is 0 Å². The van der Waals surface area contributed by atoms with E-state index in [0.717, 1.165) is 12.3 Å². The molecule has 0 bridgehead atoms. The van der Waals surface area contributed by atoms with Crippen molar-refractivity contribution in [2.75, 3.05) is 19.1 Å². The Morgan fingerprint density at radius 3 is 2.62 bits per heavy atom. The zero-order valence-electron chi connectivity index (χ0n) is 8.97. The fourth-order valence-corrected chi connectivity index (χ4v) is 2.13. The molecule has 0 amide bonds. The third kappa shape index (κ3) is 3.18. The highest BCUT2D eigenvalue weighted by molar-refractivity contribution is 7.90. The van der Waals surface area contributed by atoms with E-state index < -0.39 is 27.5 Å². The van der Waals surface area contributed by atoms with Crippen LogP contribution in [0.2, 0.25) is 0 Å². The van der Waals surface area contributed by atoms with E-state index in [1.807, 2.05) is 0 Å². The van der Waals surface area contributed by atoms with Crippen molar-refractivity contribution >= 4 is 9.84 Å². The summed E-state index contributed by atoms with van der Waals surface area (Å²) in [5.41, 5.74) is -0.129. The second kappa shape index (κ2) is 4.80. The lowest BCUT2D eigenvalue weighted by Crippen LogP contribution is -2.15. The molecule has 6 heteroatoms. The Morgan fingerprint density at radius 1 is 1.50 bits per heavy atom. The van der Waals surface area contributed by atoms with Gasteiger partial charge in [-0.1, -0.05) is 6.07 Å². The third-order valence-electron chi connectivity index (χ3n) is 2.03. The van der Waals surface area contributed by atoms with E-state index in [2.05, 4.69) is 0 Å². The molecular formula is C10H13FO4S. The maximum atomic E-state index is 13.4. The quantitative estimate of drug-likeness (QED) is 0.860. The first-order valence-electron chi connectivity index (χ1n) is 4.53. The predicted molar refractivity (Wildman–Crippen MR) is 57.6 cm³/mol. The second-order valence-electron chi connectivity index (χ2n) is 3.46. The van der Waals surface area contributed by atoms with Crippen LogP contribution in [-0.2, 0) is 9.84 Å². The summed E-state index contributed by atoms with van der Waals surface area (Å²) in [6.07, 6.45) is -0.449. The average Bonchev–Trinajstić information content (AvgIpc) is 2.14. The predicted octanol–water partition coefficient (Wildman–Crippen LogP) is 0.912. The molecule has 1 N–H and O–H groups in total. The molecule has 4 nitrogen and oxygen atoms in total. The first kappa shape index (κ1) is 12.9. The van der Waals surface area contributed by atoms with Crippen LogP contribution in [0.5, 0.6) is 5.75 Å². The Kier molecular flexibility index (Phi) is 3.88. The van der Waals surface area contributed by atoms with Gasteiger partial charge in [0.05, 0.1) is 24.5 Å². The Morgan fingerprint density at radius 2 is 2.12 bits per heavy atom. The van der Waals surface area contributed by atoms with Crippen LogP contribution in [0.1, 0.15) is 11.7 Å². The number of methoxy groups -OCH3 is 1. The van der Waals surface area contributed by atoms with E-state index in [-0.39, 0.29) is 11.3 Å². The van der Waals surface area contributed by atoms with E-state index in [4.69, 9.17) is 4.74 Å². The molecule has 0 fully saturated rings. The van der Waals surface area contributed by atoms with Gasteiger partial charge in [-0.25, -0.2) is 12.8 Å². The summed E-state index contributed by atoms with van der Waals surface area (Å²) in [5, 5.41) is 9.65. The van der Waals surface area contributed by atoms with Gasteiger partial charge in [-0.2, -0.15) is 0 Å². The van der Waals surface area contributed by atoms with Crippen molar-refractivity contribution in [2.45, 2.75) is 6.10 Å². The third-order valence-corrected chi connectivity index (χ3v) is 2.95. The molecule has 1 rings (SSSR count). The van der Waals surface area contributed by atoms with Crippen LogP contribution < -0.4 is 4.74 Å². The summed E-state index contributed by atoms with van der Waals surface area (Å²) in [4.78, 5) is 0. The highest BCUT2D eigenvalue weighted by Crippen LogP contribution is 2.28. The van der Waals surface area contributed by atoms with E-state index in [1.165, 1.54) is 19.2 Å². The summed E-state index contributed by atoms with van der Waals surface area (Å²) < 4.78 is 40.3. The standard InChI is InChI=1S/C10H13FO4S/c1-15-9-5-3-4-7(11)10(9)8(12)6-16(2,13)14/h3-5,8,12H,6H2,1-2H3. The van der Waals surface area contributed by atoms with Gasteiger partial charge in [0.25, 0.3) is 0 Å². The van der Waals surface area contributed by atoms with Crippen molar-refractivity contribution < 1.29 is 22.7 Å². The SMILES string of the molecule is COc1cccc(F)c1C(O)CS(C)(=O)=O. The van der Waals surface area contributed by atoms with Crippen LogP contribution in [0.25, 0.3) is 0 Å². The first-order chi connectivity index (χ1) is 7.35. The van der Waals surface area contributed by atoms with Crippen molar-refractivity contribution in [1.29, 1.82) is 0 Å². The van der Waals surface area contributed by atoms with E-state index in [0.29, 0.717) is 0 Å². The van der Waals surface area contributed by atoms with Gasteiger partial charge < -0.3 is 9.84 Å². The maximum absolute atomic E-state index is 13.4. The molecule has 0 saturated heterocycles. The molecule has 1 aromatic carbocycles. The molecule has 1 atom stereocenters. The van der Waals surface area contributed by atoms with Crippen molar-refractivity contribution in [3.8, 4) is 5.75 Å². The molecule has 0 saturated carbocycles. The lowest BCUT2D eigenvalue weighted by Gasteiger charge is -2.14. The molecule has 90 valence electrons. The number of rotatable bonds is 4. The van der Waals surface area contributed by atoms with Gasteiger partial charge in [0.15, 0.2) is 0 Å². The number of benzene rings is 1. The number of aliphatic hydroxyl groups is 1. The Bertz CT molecular complexity index is 470. The maximum Gasteiger partial charge on any atom is 0.150 e. The smallest absolute Gasteiger partial charge is 0.150 e. The lowest BCUT2D eigenvalue weighted by molar-refractivity contribution is 0.191. The molecule has 0 aromatic heterocycles. The van der Waals surface area contributed by atoms with Crippen LogP contribution >= 0.6 is 0 Å². The molecule has 1 unspecified atom stereocenters. The lowest BCUT2D eigenvalue weighted by atomic mass is 10.1. The van der Waals surface area contributed by atoms with Crippen LogP contribution in [0, 0.1) is 5.82 Å². The summed E-state index contributed by atoms with van der Waals surface area (Å²) in [6, 6.07) is 4.03. The zero-order chi connectivity index (χ0) is 12.3. The number of hydrogen-bond donors (Lipinski definition) is 1. The van der Waals surface area contributed by atoms with Gasteiger partial charge in [-0.05, 0) is 12.1 Å². The largest absolute Gasteiger partial charge is 0.496 e. The van der Waals surface area contributed by atoms with Crippen LogP contribution in [0.4, 0.5) is 4.39 Å².